The molecule has 3 atom stereocenters. The molecule has 2 rings (SSSR count). The van der Waals surface area contributed by atoms with Crippen LogP contribution in [0.1, 0.15) is 33.1 Å². The predicted molar refractivity (Wildman–Crippen MR) is 96.0 cm³/mol. The van der Waals surface area contributed by atoms with E-state index < -0.39 is 36.7 Å². The van der Waals surface area contributed by atoms with E-state index in [0.717, 1.165) is 24.0 Å². The third kappa shape index (κ3) is 4.71. The van der Waals surface area contributed by atoms with Gasteiger partial charge in [0.1, 0.15) is 12.2 Å². The fourth-order valence-corrected chi connectivity index (χ4v) is 3.27. The Morgan fingerprint density at radius 1 is 1.38 bits per heavy atom. The number of carbonyl (C=O) groups excluding carboxylic acids is 2. The fourth-order valence-electron chi connectivity index (χ4n) is 3.27. The highest BCUT2D eigenvalue weighted by Gasteiger charge is 2.44. The molecule has 2 N–H and O–H groups in total. The van der Waals surface area contributed by atoms with E-state index in [-0.39, 0.29) is 17.8 Å². The van der Waals surface area contributed by atoms with Gasteiger partial charge in [-0.15, -0.1) is 0 Å². The van der Waals surface area contributed by atoms with Gasteiger partial charge in [0.05, 0.1) is 24.7 Å². The number of carbonyl (C=O) groups is 2. The van der Waals surface area contributed by atoms with Crippen molar-refractivity contribution in [1.82, 2.24) is 0 Å². The van der Waals surface area contributed by atoms with E-state index in [1.807, 2.05) is 19.9 Å². The number of ether oxygens (including phenoxy) is 2. The molecular weight excluding hydrogens is 336 g/mol. The molecule has 1 unspecified atom stereocenters. The lowest BCUT2D eigenvalue weighted by molar-refractivity contribution is -0.147. The van der Waals surface area contributed by atoms with Gasteiger partial charge in [0.25, 0.3) is 0 Å². The van der Waals surface area contributed by atoms with E-state index in [9.17, 15) is 14.7 Å². The number of hydrogen-bond acceptors (Lipinski definition) is 6. The topological polar surface area (TPSA) is 93.1 Å². The molecule has 1 aliphatic heterocycles. The molecule has 142 valence electrons. The molecule has 1 aliphatic carbocycles. The Morgan fingerprint density at radius 2 is 2.12 bits per heavy atom. The van der Waals surface area contributed by atoms with Crippen LogP contribution in [0, 0.1) is 5.92 Å². The summed E-state index contributed by atoms with van der Waals surface area (Å²) < 4.78 is 11.1. The summed E-state index contributed by atoms with van der Waals surface area (Å²) in [6.45, 7) is 6.85. The molecular formula is C20H26O6. The molecule has 6 heteroatoms. The van der Waals surface area contributed by atoms with Crippen LogP contribution in [0.25, 0.3) is 0 Å². The Kier molecular flexibility index (Phi) is 6.94. The van der Waals surface area contributed by atoms with Crippen LogP contribution in [0.5, 0.6) is 0 Å². The minimum atomic E-state index is -0.719. The highest BCUT2D eigenvalue weighted by atomic mass is 16.6. The van der Waals surface area contributed by atoms with Crippen LogP contribution in [-0.4, -0.2) is 47.6 Å². The summed E-state index contributed by atoms with van der Waals surface area (Å²) in [6, 6.07) is 0. The van der Waals surface area contributed by atoms with Crippen molar-refractivity contribution in [1.29, 1.82) is 0 Å². The Morgan fingerprint density at radius 3 is 2.77 bits per heavy atom. The van der Waals surface area contributed by atoms with Crippen molar-refractivity contribution in [2.45, 2.75) is 45.3 Å². The van der Waals surface area contributed by atoms with Crippen LogP contribution in [0.3, 0.4) is 0 Å². The molecule has 0 bridgehead atoms. The Balaban J connectivity index is 2.36. The lowest BCUT2D eigenvalue weighted by Crippen LogP contribution is -2.34. The first-order valence-electron chi connectivity index (χ1n) is 8.71. The van der Waals surface area contributed by atoms with Gasteiger partial charge in [0, 0.05) is 12.0 Å². The smallest absolute Gasteiger partial charge is 0.336 e. The standard InChI is InChI=1S/C20H26O6/c1-12-5-4-6-13(2)10-17(26-20(24)15(11-22)7-8-21)18-14(3)19(23)25-16(18)9-12/h6-7,9,16-18,21-22H,3-5,8,10-11H2,1-2H3/b12-9-,13-6-,15-7+/t16-,17+,18?/m1/s1. The summed E-state index contributed by atoms with van der Waals surface area (Å²) in [6.07, 6.45) is 6.17. The van der Waals surface area contributed by atoms with Gasteiger partial charge in [0.15, 0.2) is 0 Å². The van der Waals surface area contributed by atoms with Crippen molar-refractivity contribution >= 4 is 11.9 Å². The van der Waals surface area contributed by atoms with Crippen molar-refractivity contribution in [3.05, 3.63) is 47.1 Å². The van der Waals surface area contributed by atoms with Crippen LogP contribution < -0.4 is 0 Å². The minimum absolute atomic E-state index is 0.0228. The first-order valence-corrected chi connectivity index (χ1v) is 8.71. The molecule has 0 radical (unpaired) electrons. The summed E-state index contributed by atoms with van der Waals surface area (Å²) in [5.41, 5.74) is 2.39. The number of aliphatic hydroxyl groups is 2. The summed E-state index contributed by atoms with van der Waals surface area (Å²) in [5, 5.41) is 18.3. The van der Waals surface area contributed by atoms with Gasteiger partial charge in [0.2, 0.25) is 0 Å². The molecule has 0 aromatic heterocycles. The maximum absolute atomic E-state index is 12.4. The van der Waals surface area contributed by atoms with E-state index in [4.69, 9.17) is 14.6 Å². The zero-order valence-corrected chi connectivity index (χ0v) is 15.2. The zero-order chi connectivity index (χ0) is 19.3. The van der Waals surface area contributed by atoms with Gasteiger partial charge < -0.3 is 19.7 Å². The quantitative estimate of drug-likeness (QED) is 0.451. The highest BCUT2D eigenvalue weighted by Crippen LogP contribution is 2.36. The van der Waals surface area contributed by atoms with Gasteiger partial charge in [-0.2, -0.15) is 0 Å². The van der Waals surface area contributed by atoms with Gasteiger partial charge in [-0.05, 0) is 38.8 Å². The van der Waals surface area contributed by atoms with Crippen molar-refractivity contribution in [3.8, 4) is 0 Å². The molecule has 1 heterocycles. The van der Waals surface area contributed by atoms with Gasteiger partial charge in [-0.3, -0.25) is 0 Å². The van der Waals surface area contributed by atoms with Crippen molar-refractivity contribution in [2.75, 3.05) is 13.2 Å². The van der Waals surface area contributed by atoms with E-state index in [1.165, 1.54) is 6.08 Å². The zero-order valence-electron chi connectivity index (χ0n) is 15.2. The normalized spacial score (nSPS) is 31.2. The van der Waals surface area contributed by atoms with Crippen molar-refractivity contribution < 1.29 is 29.3 Å². The number of rotatable bonds is 4. The molecule has 1 fully saturated rings. The SMILES string of the molecule is C=C1C(=O)O[C@@H]2/C=C(/C)CC/C=C(/C)C[C@H](OC(=O)/C(=C/CO)CO)C12. The lowest BCUT2D eigenvalue weighted by Gasteiger charge is -2.27. The van der Waals surface area contributed by atoms with Crippen LogP contribution >= 0.6 is 0 Å². The molecule has 2 aliphatic rings. The third-order valence-corrected chi connectivity index (χ3v) is 4.69. The lowest BCUT2D eigenvalue weighted by atomic mass is 9.85. The third-order valence-electron chi connectivity index (χ3n) is 4.69. The van der Waals surface area contributed by atoms with E-state index in [2.05, 4.69) is 12.7 Å². The van der Waals surface area contributed by atoms with Crippen LogP contribution in [0.2, 0.25) is 0 Å². The molecule has 6 nitrogen and oxygen atoms in total. The average molecular weight is 362 g/mol. The van der Waals surface area contributed by atoms with Gasteiger partial charge >= 0.3 is 11.9 Å². The van der Waals surface area contributed by atoms with Crippen LogP contribution in [0.4, 0.5) is 0 Å². The minimum Gasteiger partial charge on any atom is -0.458 e. The second-order valence-corrected chi connectivity index (χ2v) is 6.74. The first kappa shape index (κ1) is 20.1. The highest BCUT2D eigenvalue weighted by molar-refractivity contribution is 5.92. The average Bonchev–Trinajstić information content (AvgIpc) is 2.85. The fraction of sp³-hybridized carbons (Fsp3) is 0.500. The largest absolute Gasteiger partial charge is 0.458 e. The Bertz CT molecular complexity index is 670. The molecule has 0 aromatic rings. The van der Waals surface area contributed by atoms with E-state index in [1.54, 1.807) is 0 Å². The number of aliphatic hydroxyl groups excluding tert-OH is 2. The Labute approximate surface area is 153 Å². The molecule has 0 spiro atoms. The maximum atomic E-state index is 12.4. The molecule has 0 aromatic carbocycles. The molecule has 0 saturated carbocycles. The summed E-state index contributed by atoms with van der Waals surface area (Å²) >= 11 is 0. The van der Waals surface area contributed by atoms with Crippen LogP contribution in [-0.2, 0) is 19.1 Å². The van der Waals surface area contributed by atoms with Gasteiger partial charge in [-0.25, -0.2) is 9.59 Å². The second kappa shape index (κ2) is 8.96. The number of esters is 2. The van der Waals surface area contributed by atoms with Crippen molar-refractivity contribution in [2.24, 2.45) is 5.92 Å². The predicted octanol–water partition coefficient (Wildman–Crippen LogP) is 1.98. The second-order valence-electron chi connectivity index (χ2n) is 6.74. The van der Waals surface area contributed by atoms with E-state index >= 15 is 0 Å². The summed E-state index contributed by atoms with van der Waals surface area (Å²) in [4.78, 5) is 24.4. The maximum Gasteiger partial charge on any atom is 0.336 e. The van der Waals surface area contributed by atoms with Gasteiger partial charge in [-0.1, -0.05) is 23.8 Å². The number of fused-ring (bicyclic) bond motifs is 1. The monoisotopic (exact) mass is 362 g/mol. The van der Waals surface area contributed by atoms with Crippen molar-refractivity contribution in [3.63, 3.8) is 0 Å². The molecule has 0 amide bonds. The van der Waals surface area contributed by atoms with E-state index in [0.29, 0.717) is 6.42 Å². The first-order chi connectivity index (χ1) is 12.4. The molecule has 26 heavy (non-hydrogen) atoms. The summed E-state index contributed by atoms with van der Waals surface area (Å²) in [7, 11) is 0. The summed E-state index contributed by atoms with van der Waals surface area (Å²) in [5.74, 6) is -1.70. The number of hydrogen-bond donors (Lipinski definition) is 2. The Hall–Kier alpha value is -2.18. The molecule has 1 saturated heterocycles. The van der Waals surface area contributed by atoms with Crippen LogP contribution in [0.15, 0.2) is 47.1 Å². The number of allylic oxidation sites excluding steroid dienone is 2.